The molecule has 0 amide bonds. The highest BCUT2D eigenvalue weighted by atomic mass is 28.4. The summed E-state index contributed by atoms with van der Waals surface area (Å²) in [6.45, 7) is 4.01. The lowest BCUT2D eigenvalue weighted by Crippen LogP contribution is -2.49. The van der Waals surface area contributed by atoms with Gasteiger partial charge in [-0.05, 0) is 24.1 Å². The zero-order valence-corrected chi connectivity index (χ0v) is 16.7. The number of aryl methyl sites for hydroxylation is 1. The average molecular weight is 384 g/mol. The van der Waals surface area contributed by atoms with Crippen molar-refractivity contribution in [3.63, 3.8) is 0 Å². The van der Waals surface area contributed by atoms with Crippen molar-refractivity contribution in [1.82, 2.24) is 0 Å². The maximum absolute atomic E-state index is 11.4. The lowest BCUT2D eigenvalue weighted by molar-refractivity contribution is -0.147. The molecule has 1 aromatic rings. The Hall–Kier alpha value is -2.18. The molecule has 0 saturated heterocycles. The van der Waals surface area contributed by atoms with Crippen LogP contribution in [0.5, 0.6) is 5.75 Å². The number of carbonyl (C=O) groups is 3. The van der Waals surface area contributed by atoms with E-state index in [0.29, 0.717) is 13.0 Å². The summed E-state index contributed by atoms with van der Waals surface area (Å²) in [6.07, 6.45) is 0.394. The minimum Gasteiger partial charge on any atom is -0.524 e. The van der Waals surface area contributed by atoms with Crippen molar-refractivity contribution in [3.05, 3.63) is 29.3 Å². The molecule has 0 aromatic heterocycles. The molecule has 8 nitrogen and oxygen atoms in total. The summed E-state index contributed by atoms with van der Waals surface area (Å²) < 4.78 is 26.4. The van der Waals surface area contributed by atoms with Gasteiger partial charge in [0.15, 0.2) is 0 Å². The van der Waals surface area contributed by atoms with Gasteiger partial charge in [-0.15, -0.1) is 0 Å². The molecule has 0 unspecified atom stereocenters. The van der Waals surface area contributed by atoms with Crippen LogP contribution >= 0.6 is 0 Å². The lowest BCUT2D eigenvalue weighted by atomic mass is 10.1. The first-order valence-electron chi connectivity index (χ1n) is 7.71. The molecule has 136 valence electrons. The fraction of sp³-hybridized carbons (Fsp3) is 0.400. The topological polar surface area (TPSA) is 97.4 Å². The first kappa shape index (κ1) is 19.2. The Labute approximate surface area is 148 Å². The van der Waals surface area contributed by atoms with Crippen LogP contribution in [0.2, 0.25) is 6.04 Å². The Bertz CT molecular complexity index is 635. The van der Waals surface area contributed by atoms with Crippen LogP contribution in [0.3, 0.4) is 0 Å². The smallest absolute Gasteiger partial charge is 0.524 e. The third kappa shape index (κ3) is 5.69. The molecule has 0 spiro atoms. The summed E-state index contributed by atoms with van der Waals surface area (Å²) in [5.41, 5.74) is 1.83. The highest BCUT2D eigenvalue weighted by Gasteiger charge is 2.51. The van der Waals surface area contributed by atoms with Gasteiger partial charge in [-0.3, -0.25) is 14.4 Å². The van der Waals surface area contributed by atoms with Gasteiger partial charge >= 0.3 is 18.8 Å². The minimum atomic E-state index is -3.81. The van der Waals surface area contributed by atoms with E-state index >= 15 is 0 Å². The van der Waals surface area contributed by atoms with Gasteiger partial charge in [-0.1, -0.05) is 6.07 Å². The fourth-order valence-corrected chi connectivity index (χ4v) is 5.60. The summed E-state index contributed by atoms with van der Waals surface area (Å²) >= 11 is 0. The highest BCUT2D eigenvalue weighted by Crippen LogP contribution is 2.26. The second-order valence-corrected chi connectivity index (χ2v) is 8.93. The van der Waals surface area contributed by atoms with Crippen molar-refractivity contribution in [1.29, 1.82) is 0 Å². The molecule has 0 radical (unpaired) electrons. The van der Waals surface area contributed by atoms with Crippen LogP contribution < -0.4 is 4.43 Å². The predicted octanol–water partition coefficient (Wildman–Crippen LogP) is 0.765. The number of hydrogen-bond acceptors (Lipinski definition) is 8. The first-order valence-corrected chi connectivity index (χ1v) is 10.8. The van der Waals surface area contributed by atoms with Gasteiger partial charge < -0.3 is 22.1 Å². The van der Waals surface area contributed by atoms with Gasteiger partial charge in [0.1, 0.15) is 5.75 Å². The molecule has 0 fully saturated rings. The Balaban J connectivity index is 2.18. The molecule has 0 saturated carbocycles. The Morgan fingerprint density at radius 1 is 1.08 bits per heavy atom. The molecule has 1 aromatic carbocycles. The van der Waals surface area contributed by atoms with Crippen molar-refractivity contribution in [2.45, 2.75) is 39.8 Å². The summed E-state index contributed by atoms with van der Waals surface area (Å²) in [4.78, 5) is 34.3. The van der Waals surface area contributed by atoms with Crippen molar-refractivity contribution < 1.29 is 36.5 Å². The maximum atomic E-state index is 11.4. The number of carbonyl (C=O) groups excluding carboxylic acids is 3. The van der Waals surface area contributed by atoms with E-state index in [4.69, 9.17) is 22.1 Å². The molecule has 0 aliphatic carbocycles. The zero-order valence-electron chi connectivity index (χ0n) is 14.3. The van der Waals surface area contributed by atoms with Crippen LogP contribution in [0.25, 0.3) is 0 Å². The standard InChI is InChI=1S/C15H20O8Si2/c1-10(16)21-25(22-11(2)17,23-12(3)18)7-6-13-4-5-15-14(8-13)9-19-24-20-15/h4-5,8H,6-7,9,24H2,1-3H3. The van der Waals surface area contributed by atoms with Crippen molar-refractivity contribution in [2.75, 3.05) is 0 Å². The summed E-state index contributed by atoms with van der Waals surface area (Å²) in [5.74, 6) is -1.21. The van der Waals surface area contributed by atoms with Crippen molar-refractivity contribution >= 4 is 36.7 Å². The molecule has 0 N–H and O–H groups in total. The van der Waals surface area contributed by atoms with Gasteiger partial charge in [-0.2, -0.15) is 0 Å². The first-order chi connectivity index (χ1) is 11.8. The Morgan fingerprint density at radius 3 is 2.24 bits per heavy atom. The second-order valence-electron chi connectivity index (χ2n) is 5.52. The van der Waals surface area contributed by atoms with Gasteiger partial charge in [0.05, 0.1) is 12.7 Å². The van der Waals surface area contributed by atoms with Crippen molar-refractivity contribution in [3.8, 4) is 5.75 Å². The summed E-state index contributed by atoms with van der Waals surface area (Å²) in [7, 11) is -4.76. The van der Waals surface area contributed by atoms with Gasteiger partial charge in [-0.25, -0.2) is 0 Å². The quantitative estimate of drug-likeness (QED) is 0.663. The molecular formula is C15H20O8Si2. The van der Waals surface area contributed by atoms with Crippen LogP contribution in [-0.2, 0) is 45.1 Å². The number of fused-ring (bicyclic) bond motifs is 1. The minimum absolute atomic E-state index is 0.0982. The highest BCUT2D eigenvalue weighted by molar-refractivity contribution is 6.65. The van der Waals surface area contributed by atoms with Crippen LogP contribution in [0, 0.1) is 0 Å². The predicted molar refractivity (Wildman–Crippen MR) is 90.0 cm³/mol. The van der Waals surface area contributed by atoms with Crippen LogP contribution in [0.4, 0.5) is 0 Å². The van der Waals surface area contributed by atoms with E-state index in [1.165, 1.54) is 20.8 Å². The molecule has 2 rings (SSSR count). The van der Waals surface area contributed by atoms with Crippen molar-refractivity contribution in [2.24, 2.45) is 0 Å². The van der Waals surface area contributed by atoms with E-state index in [2.05, 4.69) is 0 Å². The van der Waals surface area contributed by atoms with E-state index in [-0.39, 0.29) is 6.04 Å². The molecule has 0 bridgehead atoms. The molecule has 1 heterocycles. The average Bonchev–Trinajstić information content (AvgIpc) is 2.50. The molecular weight excluding hydrogens is 364 g/mol. The Kier molecular flexibility index (Phi) is 6.34. The molecule has 1 aliphatic rings. The SMILES string of the molecule is CC(=O)O[Si](CCc1ccc2c(c1)CO[SiH2]O2)(OC(C)=O)OC(C)=O. The van der Waals surface area contributed by atoms with Gasteiger partial charge in [0, 0.05) is 26.3 Å². The third-order valence-electron chi connectivity index (χ3n) is 3.30. The summed E-state index contributed by atoms with van der Waals surface area (Å²) in [5, 5.41) is 0. The van der Waals surface area contributed by atoms with E-state index in [0.717, 1.165) is 16.9 Å². The van der Waals surface area contributed by atoms with E-state index in [9.17, 15) is 14.4 Å². The van der Waals surface area contributed by atoms with Gasteiger partial charge in [0.25, 0.3) is 17.9 Å². The summed E-state index contributed by atoms with van der Waals surface area (Å²) in [6, 6.07) is 5.73. The lowest BCUT2D eigenvalue weighted by Gasteiger charge is -2.26. The monoisotopic (exact) mass is 384 g/mol. The van der Waals surface area contributed by atoms with E-state index in [1.807, 2.05) is 18.2 Å². The fourth-order valence-electron chi connectivity index (χ4n) is 2.47. The van der Waals surface area contributed by atoms with E-state index in [1.54, 1.807) is 0 Å². The number of benzene rings is 1. The zero-order chi connectivity index (χ0) is 18.4. The van der Waals surface area contributed by atoms with E-state index < -0.39 is 36.7 Å². The van der Waals surface area contributed by atoms with Gasteiger partial charge in [0.2, 0.25) is 0 Å². The normalized spacial score (nSPS) is 14.2. The maximum Gasteiger partial charge on any atom is 0.705 e. The molecule has 0 atom stereocenters. The van der Waals surface area contributed by atoms with Crippen LogP contribution in [0.15, 0.2) is 18.2 Å². The van der Waals surface area contributed by atoms with Crippen LogP contribution in [0.1, 0.15) is 31.9 Å². The number of hydrogen-bond donors (Lipinski definition) is 0. The third-order valence-corrected chi connectivity index (χ3v) is 6.76. The number of rotatable bonds is 6. The van der Waals surface area contributed by atoms with Crippen LogP contribution in [-0.4, -0.2) is 36.7 Å². The molecule has 10 heteroatoms. The molecule has 25 heavy (non-hydrogen) atoms. The second kappa shape index (κ2) is 8.27. The largest absolute Gasteiger partial charge is 0.705 e. The Morgan fingerprint density at radius 2 is 1.68 bits per heavy atom. The molecule has 1 aliphatic heterocycles.